The van der Waals surface area contributed by atoms with Crippen molar-refractivity contribution in [1.82, 2.24) is 9.88 Å². The Balaban J connectivity index is 2.17. The molecule has 2 rings (SSSR count). The van der Waals surface area contributed by atoms with E-state index in [-0.39, 0.29) is 0 Å². The molecule has 0 amide bonds. The highest BCUT2D eigenvalue weighted by atomic mass is 79.9. The van der Waals surface area contributed by atoms with Crippen LogP contribution >= 0.6 is 15.9 Å². The van der Waals surface area contributed by atoms with Crippen LogP contribution in [0.2, 0.25) is 0 Å². The van der Waals surface area contributed by atoms with Gasteiger partial charge in [-0.2, -0.15) is 0 Å². The van der Waals surface area contributed by atoms with E-state index in [9.17, 15) is 0 Å². The third-order valence-corrected chi connectivity index (χ3v) is 4.24. The normalized spacial score (nSPS) is 20.8. The number of pyridine rings is 1. The highest BCUT2D eigenvalue weighted by molar-refractivity contribution is 9.10. The van der Waals surface area contributed by atoms with Crippen molar-refractivity contribution in [2.24, 2.45) is 0 Å². The van der Waals surface area contributed by atoms with Gasteiger partial charge in [-0.3, -0.25) is 0 Å². The fourth-order valence-electron chi connectivity index (χ4n) is 2.10. The summed E-state index contributed by atoms with van der Waals surface area (Å²) in [6.45, 7) is 4.27. The summed E-state index contributed by atoms with van der Waals surface area (Å²) in [6.07, 6.45) is 3.10. The van der Waals surface area contributed by atoms with Crippen molar-refractivity contribution in [2.45, 2.75) is 19.4 Å². The molecule has 88 valence electrons. The van der Waals surface area contributed by atoms with Crippen LogP contribution < -0.4 is 4.90 Å². The monoisotopic (exact) mass is 283 g/mol. The predicted octanol–water partition coefficient (Wildman–Crippen LogP) is 2.29. The number of halogens is 1. The largest absolute Gasteiger partial charge is 0.354 e. The van der Waals surface area contributed by atoms with E-state index in [1.807, 2.05) is 12.3 Å². The van der Waals surface area contributed by atoms with Crippen LogP contribution in [0.3, 0.4) is 0 Å². The standard InChI is InChI=1S/C12H18BrN3/c1-9-4-6-14-12(11(9)13)16-7-5-10(8-16)15(2)3/h4,6,10H,5,7-8H2,1-3H3. The topological polar surface area (TPSA) is 19.4 Å². The molecule has 1 saturated heterocycles. The highest BCUT2D eigenvalue weighted by Crippen LogP contribution is 2.29. The molecule has 0 bridgehead atoms. The van der Waals surface area contributed by atoms with Crippen LogP contribution in [-0.2, 0) is 0 Å². The minimum atomic E-state index is 0.647. The zero-order valence-corrected chi connectivity index (χ0v) is 11.7. The molecule has 0 saturated carbocycles. The summed E-state index contributed by atoms with van der Waals surface area (Å²) >= 11 is 3.63. The first-order valence-electron chi connectivity index (χ1n) is 5.62. The molecule has 0 aromatic carbocycles. The van der Waals surface area contributed by atoms with Crippen LogP contribution in [-0.4, -0.2) is 43.1 Å². The Kier molecular flexibility index (Phi) is 3.50. The van der Waals surface area contributed by atoms with Crippen LogP contribution in [0.15, 0.2) is 16.7 Å². The minimum Gasteiger partial charge on any atom is -0.354 e. The molecule has 2 heterocycles. The van der Waals surface area contributed by atoms with Gasteiger partial charge in [0.15, 0.2) is 0 Å². The average Bonchev–Trinajstić information content (AvgIpc) is 2.71. The fourth-order valence-corrected chi connectivity index (χ4v) is 2.59. The number of rotatable bonds is 2. The number of anilines is 1. The second-order valence-electron chi connectivity index (χ2n) is 4.62. The van der Waals surface area contributed by atoms with Gasteiger partial charge in [0.05, 0.1) is 4.47 Å². The molecule has 1 atom stereocenters. The summed E-state index contributed by atoms with van der Waals surface area (Å²) in [5.74, 6) is 1.09. The molecule has 3 nitrogen and oxygen atoms in total. The fraction of sp³-hybridized carbons (Fsp3) is 0.583. The number of aromatic nitrogens is 1. The van der Waals surface area contributed by atoms with Crippen molar-refractivity contribution < 1.29 is 0 Å². The van der Waals surface area contributed by atoms with E-state index >= 15 is 0 Å². The van der Waals surface area contributed by atoms with Gasteiger partial charge in [-0.15, -0.1) is 0 Å². The van der Waals surface area contributed by atoms with Gasteiger partial charge < -0.3 is 9.80 Å². The second-order valence-corrected chi connectivity index (χ2v) is 5.41. The van der Waals surface area contributed by atoms with E-state index in [0.29, 0.717) is 6.04 Å². The van der Waals surface area contributed by atoms with Crippen LogP contribution in [0.1, 0.15) is 12.0 Å². The van der Waals surface area contributed by atoms with Gasteiger partial charge in [0, 0.05) is 25.3 Å². The number of aryl methyl sites for hydroxylation is 1. The van der Waals surface area contributed by atoms with Gasteiger partial charge in [-0.1, -0.05) is 0 Å². The lowest BCUT2D eigenvalue weighted by Crippen LogP contribution is -2.31. The first kappa shape index (κ1) is 11.9. The summed E-state index contributed by atoms with van der Waals surface area (Å²) in [5.41, 5.74) is 1.25. The van der Waals surface area contributed by atoms with Crippen LogP contribution in [0, 0.1) is 6.92 Å². The van der Waals surface area contributed by atoms with Gasteiger partial charge in [-0.05, 0) is 55.0 Å². The summed E-state index contributed by atoms with van der Waals surface area (Å²) < 4.78 is 1.13. The van der Waals surface area contributed by atoms with Crippen molar-refractivity contribution in [2.75, 3.05) is 32.1 Å². The van der Waals surface area contributed by atoms with Crippen molar-refractivity contribution in [3.8, 4) is 0 Å². The molecular weight excluding hydrogens is 266 g/mol. The molecule has 0 radical (unpaired) electrons. The minimum absolute atomic E-state index is 0.647. The maximum Gasteiger partial charge on any atom is 0.143 e. The predicted molar refractivity (Wildman–Crippen MR) is 71.0 cm³/mol. The summed E-state index contributed by atoms with van der Waals surface area (Å²) in [5, 5.41) is 0. The maximum atomic E-state index is 4.48. The number of hydrogen-bond acceptors (Lipinski definition) is 3. The van der Waals surface area contributed by atoms with E-state index < -0.39 is 0 Å². The lowest BCUT2D eigenvalue weighted by molar-refractivity contribution is 0.315. The quantitative estimate of drug-likeness (QED) is 0.830. The lowest BCUT2D eigenvalue weighted by Gasteiger charge is -2.22. The maximum absolute atomic E-state index is 4.48. The van der Waals surface area contributed by atoms with Gasteiger partial charge in [0.25, 0.3) is 0 Å². The third-order valence-electron chi connectivity index (χ3n) is 3.26. The molecular formula is C12H18BrN3. The SMILES string of the molecule is Cc1ccnc(N2CCC(N(C)C)C2)c1Br. The van der Waals surface area contributed by atoms with Gasteiger partial charge in [0.2, 0.25) is 0 Å². The van der Waals surface area contributed by atoms with Crippen molar-refractivity contribution in [3.05, 3.63) is 22.3 Å². The number of likely N-dealkylation sites (N-methyl/N-ethyl adjacent to an activating group) is 1. The Morgan fingerprint density at radius 2 is 2.25 bits per heavy atom. The number of hydrogen-bond donors (Lipinski definition) is 0. The van der Waals surface area contributed by atoms with E-state index in [4.69, 9.17) is 0 Å². The van der Waals surface area contributed by atoms with Gasteiger partial charge >= 0.3 is 0 Å². The first-order valence-corrected chi connectivity index (χ1v) is 6.41. The molecule has 4 heteroatoms. The lowest BCUT2D eigenvalue weighted by atomic mass is 10.2. The molecule has 1 aromatic rings. The molecule has 1 aromatic heterocycles. The molecule has 0 N–H and O–H groups in total. The van der Waals surface area contributed by atoms with Gasteiger partial charge in [0.1, 0.15) is 5.82 Å². The zero-order chi connectivity index (χ0) is 11.7. The third kappa shape index (κ3) is 2.23. The van der Waals surface area contributed by atoms with Crippen molar-refractivity contribution in [3.63, 3.8) is 0 Å². The van der Waals surface area contributed by atoms with E-state index in [0.717, 1.165) is 23.4 Å². The van der Waals surface area contributed by atoms with Crippen LogP contribution in [0.25, 0.3) is 0 Å². The number of nitrogens with zero attached hydrogens (tertiary/aromatic N) is 3. The van der Waals surface area contributed by atoms with E-state index in [2.05, 4.69) is 51.7 Å². The average molecular weight is 284 g/mol. The molecule has 1 aliphatic heterocycles. The second kappa shape index (κ2) is 4.72. The zero-order valence-electron chi connectivity index (χ0n) is 10.1. The first-order chi connectivity index (χ1) is 7.59. The van der Waals surface area contributed by atoms with Crippen molar-refractivity contribution in [1.29, 1.82) is 0 Å². The van der Waals surface area contributed by atoms with Crippen molar-refractivity contribution >= 4 is 21.7 Å². The Morgan fingerprint density at radius 1 is 1.50 bits per heavy atom. The van der Waals surface area contributed by atoms with Gasteiger partial charge in [-0.25, -0.2) is 4.98 Å². The molecule has 1 aliphatic rings. The summed E-state index contributed by atoms with van der Waals surface area (Å²) in [7, 11) is 4.29. The highest BCUT2D eigenvalue weighted by Gasteiger charge is 2.26. The summed E-state index contributed by atoms with van der Waals surface area (Å²) in [6, 6.07) is 2.68. The Morgan fingerprint density at radius 3 is 2.88 bits per heavy atom. The summed E-state index contributed by atoms with van der Waals surface area (Å²) in [4.78, 5) is 9.13. The Bertz CT molecular complexity index is 379. The molecule has 1 unspecified atom stereocenters. The van der Waals surface area contributed by atoms with E-state index in [1.165, 1.54) is 12.0 Å². The Hall–Kier alpha value is -0.610. The molecule has 16 heavy (non-hydrogen) atoms. The molecule has 0 spiro atoms. The van der Waals surface area contributed by atoms with E-state index in [1.54, 1.807) is 0 Å². The van der Waals surface area contributed by atoms with Crippen LogP contribution in [0.4, 0.5) is 5.82 Å². The molecule has 1 fully saturated rings. The smallest absolute Gasteiger partial charge is 0.143 e. The molecule has 0 aliphatic carbocycles. The Labute approximate surface area is 106 Å². The van der Waals surface area contributed by atoms with Crippen LogP contribution in [0.5, 0.6) is 0 Å².